The monoisotopic (exact) mass is 413 g/mol. The molecule has 1 aliphatic carbocycles. The molecule has 2 aromatic rings. The summed E-state index contributed by atoms with van der Waals surface area (Å²) in [4.78, 5) is 0. The second-order valence-electron chi connectivity index (χ2n) is 6.88. The molecule has 2 aliphatic heterocycles. The van der Waals surface area contributed by atoms with Gasteiger partial charge in [-0.25, -0.2) is 0 Å². The van der Waals surface area contributed by atoms with Crippen molar-refractivity contribution in [3.63, 3.8) is 0 Å². The minimum absolute atomic E-state index is 0.212. The van der Waals surface area contributed by atoms with Crippen LogP contribution in [-0.2, 0) is 0 Å². The Morgan fingerprint density at radius 3 is 2.85 bits per heavy atom. The van der Waals surface area contributed by atoms with Gasteiger partial charge < -0.3 is 19.5 Å². The summed E-state index contributed by atoms with van der Waals surface area (Å²) in [5.41, 5.74) is 3.71. The molecule has 3 atom stereocenters. The van der Waals surface area contributed by atoms with Crippen LogP contribution >= 0.6 is 15.9 Å². The van der Waals surface area contributed by atoms with Crippen LogP contribution in [0.15, 0.2) is 47.0 Å². The zero-order chi connectivity index (χ0) is 17.7. The maximum atomic E-state index is 5.71. The van der Waals surface area contributed by atoms with E-state index in [1.54, 1.807) is 0 Å². The highest BCUT2D eigenvalue weighted by atomic mass is 79.9. The van der Waals surface area contributed by atoms with Crippen molar-refractivity contribution in [2.45, 2.75) is 25.3 Å². The Kier molecular flexibility index (Phi) is 3.85. The Bertz CT molecular complexity index is 895. The minimum atomic E-state index is 0.212. The van der Waals surface area contributed by atoms with Crippen LogP contribution in [0.2, 0.25) is 0 Å². The summed E-state index contributed by atoms with van der Waals surface area (Å²) in [6.45, 7) is 2.99. The zero-order valence-corrected chi connectivity index (χ0v) is 16.1. The van der Waals surface area contributed by atoms with Crippen molar-refractivity contribution < 1.29 is 14.2 Å². The third-order valence-corrected chi connectivity index (χ3v) is 6.16. The van der Waals surface area contributed by atoms with Crippen molar-refractivity contribution >= 4 is 21.6 Å². The van der Waals surface area contributed by atoms with Crippen LogP contribution in [0.4, 0.5) is 5.69 Å². The zero-order valence-electron chi connectivity index (χ0n) is 14.5. The van der Waals surface area contributed by atoms with E-state index in [2.05, 4.69) is 51.6 Å². The molecule has 2 aromatic carbocycles. The summed E-state index contributed by atoms with van der Waals surface area (Å²) in [6.07, 6.45) is 5.70. The molecule has 134 valence electrons. The number of allylic oxidation sites excluding steroid dienone is 2. The predicted octanol–water partition coefficient (Wildman–Crippen LogP) is 5.40. The molecule has 0 saturated heterocycles. The second kappa shape index (κ2) is 6.23. The number of benzene rings is 2. The van der Waals surface area contributed by atoms with Crippen molar-refractivity contribution in [3.05, 3.63) is 58.1 Å². The molecule has 1 N–H and O–H groups in total. The van der Waals surface area contributed by atoms with Gasteiger partial charge in [-0.05, 0) is 60.7 Å². The van der Waals surface area contributed by atoms with Crippen molar-refractivity contribution in [2.75, 3.05) is 18.7 Å². The summed E-state index contributed by atoms with van der Waals surface area (Å²) in [5, 5.41) is 3.76. The fourth-order valence-electron chi connectivity index (χ4n) is 4.31. The van der Waals surface area contributed by atoms with E-state index in [-0.39, 0.29) is 6.04 Å². The Balaban J connectivity index is 1.56. The van der Waals surface area contributed by atoms with Gasteiger partial charge in [0.15, 0.2) is 11.5 Å². The number of rotatable bonds is 3. The number of nitrogens with one attached hydrogen (secondary N) is 1. The topological polar surface area (TPSA) is 39.7 Å². The van der Waals surface area contributed by atoms with Crippen LogP contribution in [0.1, 0.15) is 36.4 Å². The number of hydrogen-bond donors (Lipinski definition) is 1. The molecule has 26 heavy (non-hydrogen) atoms. The predicted molar refractivity (Wildman–Crippen MR) is 104 cm³/mol. The lowest BCUT2D eigenvalue weighted by atomic mass is 9.77. The average Bonchev–Trinajstić information content (AvgIpc) is 3.30. The van der Waals surface area contributed by atoms with Crippen LogP contribution in [0.25, 0.3) is 0 Å². The molecule has 0 aromatic heterocycles. The summed E-state index contributed by atoms with van der Waals surface area (Å²) >= 11 is 3.74. The third-order valence-electron chi connectivity index (χ3n) is 5.47. The number of fused-ring (bicyclic) bond motifs is 4. The van der Waals surface area contributed by atoms with Crippen LogP contribution in [0, 0.1) is 5.92 Å². The van der Waals surface area contributed by atoms with Crippen molar-refractivity contribution in [3.8, 4) is 17.2 Å². The van der Waals surface area contributed by atoms with E-state index in [0.717, 1.165) is 28.1 Å². The Morgan fingerprint density at radius 1 is 1.15 bits per heavy atom. The summed E-state index contributed by atoms with van der Waals surface area (Å²) in [6, 6.07) is 10.7. The molecule has 4 nitrogen and oxygen atoms in total. The lowest BCUT2D eigenvalue weighted by molar-refractivity contribution is 0.174. The summed E-state index contributed by atoms with van der Waals surface area (Å²) in [5.74, 6) is 3.43. The van der Waals surface area contributed by atoms with Gasteiger partial charge >= 0.3 is 0 Å². The molecule has 2 heterocycles. The number of anilines is 1. The van der Waals surface area contributed by atoms with E-state index < -0.39 is 0 Å². The van der Waals surface area contributed by atoms with Gasteiger partial charge in [0.1, 0.15) is 5.75 Å². The van der Waals surface area contributed by atoms with E-state index in [0.29, 0.717) is 25.2 Å². The van der Waals surface area contributed by atoms with E-state index in [1.807, 2.05) is 19.1 Å². The van der Waals surface area contributed by atoms with Gasteiger partial charge in [0, 0.05) is 16.1 Å². The van der Waals surface area contributed by atoms with Gasteiger partial charge in [-0.1, -0.05) is 28.1 Å². The fourth-order valence-corrected chi connectivity index (χ4v) is 4.88. The van der Waals surface area contributed by atoms with Crippen LogP contribution < -0.4 is 19.5 Å². The first-order chi connectivity index (χ1) is 12.7. The molecule has 0 unspecified atom stereocenters. The molecule has 0 amide bonds. The molecular formula is C21H20BrNO3. The normalized spacial score (nSPS) is 24.8. The van der Waals surface area contributed by atoms with Crippen molar-refractivity contribution in [1.82, 2.24) is 0 Å². The molecule has 0 spiro atoms. The second-order valence-corrected chi connectivity index (χ2v) is 7.74. The van der Waals surface area contributed by atoms with Gasteiger partial charge in [0.25, 0.3) is 0 Å². The van der Waals surface area contributed by atoms with Gasteiger partial charge in [0.2, 0.25) is 6.79 Å². The molecular weight excluding hydrogens is 394 g/mol. The van der Waals surface area contributed by atoms with Gasteiger partial charge in [-0.3, -0.25) is 0 Å². The third kappa shape index (κ3) is 2.49. The highest BCUT2D eigenvalue weighted by Gasteiger charge is 2.39. The van der Waals surface area contributed by atoms with Gasteiger partial charge in [0.05, 0.1) is 12.6 Å². The number of hydrogen-bond acceptors (Lipinski definition) is 4. The highest BCUT2D eigenvalue weighted by Crippen LogP contribution is 2.52. The molecule has 5 rings (SSSR count). The molecule has 0 fully saturated rings. The average molecular weight is 414 g/mol. The van der Waals surface area contributed by atoms with Crippen LogP contribution in [0.5, 0.6) is 17.2 Å². The summed E-state index contributed by atoms with van der Waals surface area (Å²) in [7, 11) is 0. The lowest BCUT2D eigenvalue weighted by Gasteiger charge is -2.38. The van der Waals surface area contributed by atoms with Crippen molar-refractivity contribution in [1.29, 1.82) is 0 Å². The molecule has 0 saturated carbocycles. The number of halogens is 1. The largest absolute Gasteiger partial charge is 0.494 e. The molecule has 0 bridgehead atoms. The first-order valence-corrected chi connectivity index (χ1v) is 9.83. The van der Waals surface area contributed by atoms with Crippen molar-refractivity contribution in [2.24, 2.45) is 5.92 Å². The van der Waals surface area contributed by atoms with Gasteiger partial charge in [-0.15, -0.1) is 0 Å². The van der Waals surface area contributed by atoms with Gasteiger partial charge in [-0.2, -0.15) is 0 Å². The highest BCUT2D eigenvalue weighted by molar-refractivity contribution is 9.10. The van der Waals surface area contributed by atoms with E-state index in [4.69, 9.17) is 14.2 Å². The molecule has 0 radical (unpaired) electrons. The molecule has 5 heteroatoms. The molecule has 3 aliphatic rings. The maximum Gasteiger partial charge on any atom is 0.231 e. The summed E-state index contributed by atoms with van der Waals surface area (Å²) < 4.78 is 17.9. The van der Waals surface area contributed by atoms with E-state index in [9.17, 15) is 0 Å². The quantitative estimate of drug-likeness (QED) is 0.683. The van der Waals surface area contributed by atoms with Crippen LogP contribution in [-0.4, -0.2) is 13.4 Å². The lowest BCUT2D eigenvalue weighted by Crippen LogP contribution is -2.29. The Morgan fingerprint density at radius 2 is 2.00 bits per heavy atom. The fraction of sp³-hybridized carbons (Fsp3) is 0.333. The maximum absolute atomic E-state index is 5.71. The Hall–Kier alpha value is -2.14. The van der Waals surface area contributed by atoms with E-state index in [1.165, 1.54) is 16.8 Å². The van der Waals surface area contributed by atoms with E-state index >= 15 is 0 Å². The van der Waals surface area contributed by atoms with Crippen LogP contribution in [0.3, 0.4) is 0 Å². The smallest absolute Gasteiger partial charge is 0.231 e. The Labute approximate surface area is 161 Å². The standard InChI is InChI=1S/C21H20BrNO3/c1-2-24-12-6-7-18-15(8-12)13-4-3-5-14(13)21(23-18)16-9-19-20(10-17(16)22)26-11-25-19/h3-4,6-10,13-14,21,23H,2,5,11H2,1H3/t13-,14+,21-/m1/s1. The first-order valence-electron chi connectivity index (χ1n) is 9.03. The minimum Gasteiger partial charge on any atom is -0.494 e. The SMILES string of the molecule is CCOc1ccc2c(c1)[C@@H]1C=CC[C@@H]1[C@H](c1cc3c(cc1Br)OCO3)N2. The first kappa shape index (κ1) is 16.1. The number of ether oxygens (including phenoxy) is 3.